The molecule has 1 aromatic carbocycles. The van der Waals surface area contributed by atoms with E-state index in [0.29, 0.717) is 23.1 Å². The van der Waals surface area contributed by atoms with E-state index in [1.165, 1.54) is 11.3 Å². The largest absolute Gasteiger partial charge is 0.494 e. The molecule has 6 nitrogen and oxygen atoms in total. The number of rotatable bonds is 5. The van der Waals surface area contributed by atoms with E-state index in [4.69, 9.17) is 4.74 Å². The van der Waals surface area contributed by atoms with Gasteiger partial charge in [-0.1, -0.05) is 6.07 Å². The highest BCUT2D eigenvalue weighted by molar-refractivity contribution is 7.14. The van der Waals surface area contributed by atoms with Crippen LogP contribution in [0.5, 0.6) is 5.75 Å². The molecule has 27 heavy (non-hydrogen) atoms. The van der Waals surface area contributed by atoms with Crippen molar-refractivity contribution < 1.29 is 9.53 Å². The van der Waals surface area contributed by atoms with Gasteiger partial charge in [0.2, 0.25) is 0 Å². The summed E-state index contributed by atoms with van der Waals surface area (Å²) in [5, 5.41) is 5.36. The monoisotopic (exact) mass is 378 g/mol. The quantitative estimate of drug-likeness (QED) is 0.558. The molecule has 7 heteroatoms. The minimum Gasteiger partial charge on any atom is -0.494 e. The maximum atomic E-state index is 12.8. The van der Waals surface area contributed by atoms with Crippen molar-refractivity contribution >= 4 is 28.0 Å². The number of hydrogen-bond donors (Lipinski definition) is 1. The molecule has 3 aromatic heterocycles. The van der Waals surface area contributed by atoms with Crippen LogP contribution >= 0.6 is 11.3 Å². The molecule has 1 N–H and O–H groups in total. The second kappa shape index (κ2) is 7.20. The van der Waals surface area contributed by atoms with Gasteiger partial charge in [0.15, 0.2) is 5.13 Å². The van der Waals surface area contributed by atoms with E-state index >= 15 is 0 Å². The minimum atomic E-state index is -0.223. The lowest BCUT2D eigenvalue weighted by Gasteiger charge is -2.04. The number of hydrogen-bond acceptors (Lipinski definition) is 5. The predicted molar refractivity (Wildman–Crippen MR) is 107 cm³/mol. The Labute approximate surface area is 160 Å². The van der Waals surface area contributed by atoms with E-state index in [-0.39, 0.29) is 5.91 Å². The topological polar surface area (TPSA) is 68.5 Å². The Morgan fingerprint density at radius 1 is 1.19 bits per heavy atom. The van der Waals surface area contributed by atoms with Gasteiger partial charge in [-0.05, 0) is 50.2 Å². The minimum absolute atomic E-state index is 0.223. The highest BCUT2D eigenvalue weighted by Gasteiger charge is 2.17. The highest BCUT2D eigenvalue weighted by atomic mass is 32.1. The van der Waals surface area contributed by atoms with Crippen LogP contribution in [0.15, 0.2) is 54.0 Å². The summed E-state index contributed by atoms with van der Waals surface area (Å²) in [5.41, 5.74) is 3.73. The standard InChI is InChI=1S/C20H18N4O2S/c1-3-26-15-9-7-14(8-10-15)16-12-27-20(22-16)23-19(25)18-13(2)21-17-6-4-5-11-24(17)18/h4-12H,3H2,1-2H3,(H,22,23,25). The maximum Gasteiger partial charge on any atom is 0.276 e. The molecular weight excluding hydrogens is 360 g/mol. The fourth-order valence-electron chi connectivity index (χ4n) is 2.90. The molecule has 0 fully saturated rings. The van der Waals surface area contributed by atoms with Crippen molar-refractivity contribution in [3.05, 3.63) is 65.4 Å². The number of thiazole rings is 1. The van der Waals surface area contributed by atoms with Crippen molar-refractivity contribution in [1.29, 1.82) is 0 Å². The number of carbonyl (C=O) groups is 1. The molecule has 3 heterocycles. The van der Waals surface area contributed by atoms with Crippen LogP contribution in [0.4, 0.5) is 5.13 Å². The van der Waals surface area contributed by atoms with Gasteiger partial charge in [-0.15, -0.1) is 11.3 Å². The van der Waals surface area contributed by atoms with Crippen LogP contribution in [0, 0.1) is 6.92 Å². The van der Waals surface area contributed by atoms with Crippen LogP contribution in [0.25, 0.3) is 16.9 Å². The number of nitrogens with one attached hydrogen (secondary N) is 1. The number of benzene rings is 1. The molecule has 0 aliphatic carbocycles. The Balaban J connectivity index is 1.55. The summed E-state index contributed by atoms with van der Waals surface area (Å²) in [6.45, 7) is 4.42. The molecule has 0 spiro atoms. The van der Waals surface area contributed by atoms with Crippen molar-refractivity contribution in [2.45, 2.75) is 13.8 Å². The number of nitrogens with zero attached hydrogens (tertiary/aromatic N) is 3. The highest BCUT2D eigenvalue weighted by Crippen LogP contribution is 2.27. The summed E-state index contributed by atoms with van der Waals surface area (Å²) in [6, 6.07) is 13.4. The molecule has 0 bridgehead atoms. The van der Waals surface area contributed by atoms with Crippen molar-refractivity contribution in [3.8, 4) is 17.0 Å². The summed E-state index contributed by atoms with van der Waals surface area (Å²) in [7, 11) is 0. The summed E-state index contributed by atoms with van der Waals surface area (Å²) in [4.78, 5) is 21.7. The zero-order valence-electron chi connectivity index (χ0n) is 15.0. The normalized spacial score (nSPS) is 10.9. The third-order valence-electron chi connectivity index (χ3n) is 4.11. The lowest BCUT2D eigenvalue weighted by atomic mass is 10.2. The Hall–Kier alpha value is -3.19. The van der Waals surface area contributed by atoms with Gasteiger partial charge in [-0.3, -0.25) is 14.5 Å². The second-order valence-electron chi connectivity index (χ2n) is 5.92. The lowest BCUT2D eigenvalue weighted by Crippen LogP contribution is -2.15. The molecule has 0 saturated heterocycles. The number of pyridine rings is 1. The molecule has 0 saturated carbocycles. The molecule has 0 unspecified atom stereocenters. The van der Waals surface area contributed by atoms with E-state index in [9.17, 15) is 4.79 Å². The first-order chi connectivity index (χ1) is 13.2. The smallest absolute Gasteiger partial charge is 0.276 e. The average Bonchev–Trinajstić information content (AvgIpc) is 3.26. The number of anilines is 1. The molecule has 0 aliphatic rings. The van der Waals surface area contributed by atoms with E-state index in [1.807, 2.05) is 67.9 Å². The molecule has 1 amide bonds. The van der Waals surface area contributed by atoms with Gasteiger partial charge in [0.25, 0.3) is 5.91 Å². The maximum absolute atomic E-state index is 12.8. The first kappa shape index (κ1) is 17.2. The fourth-order valence-corrected chi connectivity index (χ4v) is 3.61. The van der Waals surface area contributed by atoms with Crippen molar-refractivity contribution in [3.63, 3.8) is 0 Å². The summed E-state index contributed by atoms with van der Waals surface area (Å²) >= 11 is 1.39. The second-order valence-corrected chi connectivity index (χ2v) is 6.78. The zero-order chi connectivity index (χ0) is 18.8. The van der Waals surface area contributed by atoms with Gasteiger partial charge in [0.05, 0.1) is 18.0 Å². The number of fused-ring (bicyclic) bond motifs is 1. The van der Waals surface area contributed by atoms with E-state index in [0.717, 1.165) is 22.7 Å². The van der Waals surface area contributed by atoms with Crippen LogP contribution in [-0.2, 0) is 0 Å². The number of carbonyl (C=O) groups excluding carboxylic acids is 1. The van der Waals surface area contributed by atoms with Gasteiger partial charge in [0, 0.05) is 17.1 Å². The van der Waals surface area contributed by atoms with Gasteiger partial charge < -0.3 is 4.74 Å². The molecule has 136 valence electrons. The SMILES string of the molecule is CCOc1ccc(-c2csc(NC(=O)c3c(C)nc4ccccn34)n2)cc1. The number of aryl methyl sites for hydroxylation is 1. The van der Waals surface area contributed by atoms with Crippen LogP contribution in [-0.4, -0.2) is 26.9 Å². The van der Waals surface area contributed by atoms with Gasteiger partial charge in [-0.2, -0.15) is 0 Å². The Morgan fingerprint density at radius 2 is 2.00 bits per heavy atom. The molecule has 0 aliphatic heterocycles. The third kappa shape index (κ3) is 3.41. The Morgan fingerprint density at radius 3 is 2.78 bits per heavy atom. The van der Waals surface area contributed by atoms with Crippen LogP contribution in [0.2, 0.25) is 0 Å². The third-order valence-corrected chi connectivity index (χ3v) is 4.86. The van der Waals surface area contributed by atoms with Crippen molar-refractivity contribution in [2.75, 3.05) is 11.9 Å². The molecule has 4 rings (SSSR count). The Kier molecular flexibility index (Phi) is 4.60. The zero-order valence-corrected chi connectivity index (χ0v) is 15.8. The lowest BCUT2D eigenvalue weighted by molar-refractivity contribution is 0.102. The molecule has 0 radical (unpaired) electrons. The van der Waals surface area contributed by atoms with E-state index < -0.39 is 0 Å². The van der Waals surface area contributed by atoms with E-state index in [1.54, 1.807) is 4.40 Å². The molecule has 0 atom stereocenters. The fraction of sp³-hybridized carbons (Fsp3) is 0.150. The molecular formula is C20H18N4O2S. The summed E-state index contributed by atoms with van der Waals surface area (Å²) in [6.07, 6.45) is 1.83. The first-order valence-corrected chi connectivity index (χ1v) is 9.47. The number of amides is 1. The van der Waals surface area contributed by atoms with Crippen LogP contribution < -0.4 is 10.1 Å². The predicted octanol–water partition coefficient (Wildman–Crippen LogP) is 4.42. The summed E-state index contributed by atoms with van der Waals surface area (Å²) < 4.78 is 7.24. The van der Waals surface area contributed by atoms with Crippen LogP contribution in [0.3, 0.4) is 0 Å². The number of imidazole rings is 1. The first-order valence-electron chi connectivity index (χ1n) is 8.59. The van der Waals surface area contributed by atoms with Crippen molar-refractivity contribution in [2.24, 2.45) is 0 Å². The summed E-state index contributed by atoms with van der Waals surface area (Å²) in [5.74, 6) is 0.604. The van der Waals surface area contributed by atoms with E-state index in [2.05, 4.69) is 15.3 Å². The molecule has 4 aromatic rings. The van der Waals surface area contributed by atoms with Gasteiger partial charge >= 0.3 is 0 Å². The number of aromatic nitrogens is 3. The number of ether oxygens (including phenoxy) is 1. The van der Waals surface area contributed by atoms with Crippen LogP contribution in [0.1, 0.15) is 23.1 Å². The van der Waals surface area contributed by atoms with Gasteiger partial charge in [-0.25, -0.2) is 9.97 Å². The van der Waals surface area contributed by atoms with Gasteiger partial charge in [0.1, 0.15) is 17.1 Å². The van der Waals surface area contributed by atoms with Crippen molar-refractivity contribution in [1.82, 2.24) is 14.4 Å². The Bertz CT molecular complexity index is 1100. The average molecular weight is 378 g/mol.